The van der Waals surface area contributed by atoms with E-state index in [2.05, 4.69) is 39.1 Å². The van der Waals surface area contributed by atoms with Crippen molar-refractivity contribution < 1.29 is 4.79 Å². The van der Waals surface area contributed by atoms with Gasteiger partial charge in [0.2, 0.25) is 5.91 Å². The third-order valence-electron chi connectivity index (χ3n) is 3.71. The molecule has 1 amide bonds. The summed E-state index contributed by atoms with van der Waals surface area (Å²) in [5.41, 5.74) is 0.706. The number of carbonyl (C=O) groups is 1. The largest absolute Gasteiger partial charge is 0.356 e. The first-order valence-corrected chi connectivity index (χ1v) is 7.43. The number of hydrogen-bond donors (Lipinski definition) is 1. The molecule has 0 atom stereocenters. The molecule has 0 radical (unpaired) electrons. The van der Waals surface area contributed by atoms with Crippen LogP contribution in [0, 0.1) is 0 Å². The van der Waals surface area contributed by atoms with Crippen molar-refractivity contribution in [3.05, 3.63) is 12.5 Å². The Hall–Kier alpha value is -2.18. The average Bonchev–Trinajstić information content (AvgIpc) is 3.20. The van der Waals surface area contributed by atoms with E-state index in [0.717, 1.165) is 37.1 Å². The molecule has 2 heterocycles. The Morgan fingerprint density at radius 1 is 1.38 bits per heavy atom. The van der Waals surface area contributed by atoms with Gasteiger partial charge in [-0.3, -0.25) is 4.79 Å². The molecule has 0 aliphatic heterocycles. The Morgan fingerprint density at radius 2 is 2.14 bits per heavy atom. The highest BCUT2D eigenvalue weighted by Crippen LogP contribution is 2.22. The third kappa shape index (κ3) is 2.81. The van der Waals surface area contributed by atoms with Crippen molar-refractivity contribution >= 4 is 22.8 Å². The van der Waals surface area contributed by atoms with Crippen molar-refractivity contribution in [2.75, 3.05) is 18.0 Å². The number of nitrogens with one attached hydrogen (secondary N) is 1. The Bertz CT molecular complexity index is 644. The second-order valence-corrected chi connectivity index (χ2v) is 5.25. The lowest BCUT2D eigenvalue weighted by Gasteiger charge is -2.19. The Kier molecular flexibility index (Phi) is 3.72. The molecule has 21 heavy (non-hydrogen) atoms. The minimum Gasteiger partial charge on any atom is -0.356 e. The number of carbonyl (C=O) groups excluding carboxylic acids is 1. The van der Waals surface area contributed by atoms with Crippen LogP contribution in [0.3, 0.4) is 0 Å². The van der Waals surface area contributed by atoms with Crippen molar-refractivity contribution in [1.29, 1.82) is 0 Å². The first-order chi connectivity index (χ1) is 10.2. The SMILES string of the molecule is CCN(CC)c1ncnc2c1cnn2CC(=O)NC1CC1. The van der Waals surface area contributed by atoms with Gasteiger partial charge in [0.05, 0.1) is 11.6 Å². The molecular formula is C14H20N6O. The third-order valence-corrected chi connectivity index (χ3v) is 3.71. The van der Waals surface area contributed by atoms with E-state index in [-0.39, 0.29) is 12.5 Å². The van der Waals surface area contributed by atoms with Crippen LogP contribution in [0.5, 0.6) is 0 Å². The number of anilines is 1. The number of hydrogen-bond acceptors (Lipinski definition) is 5. The Labute approximate surface area is 123 Å². The van der Waals surface area contributed by atoms with Gasteiger partial charge in [-0.25, -0.2) is 14.6 Å². The minimum absolute atomic E-state index is 0.00879. The molecular weight excluding hydrogens is 268 g/mol. The van der Waals surface area contributed by atoms with E-state index in [1.54, 1.807) is 10.9 Å². The summed E-state index contributed by atoms with van der Waals surface area (Å²) in [7, 11) is 0. The summed E-state index contributed by atoms with van der Waals surface area (Å²) in [5.74, 6) is 0.865. The predicted molar refractivity (Wildman–Crippen MR) is 80.0 cm³/mol. The molecule has 1 aliphatic carbocycles. The number of rotatable bonds is 6. The molecule has 2 aromatic heterocycles. The average molecular weight is 288 g/mol. The van der Waals surface area contributed by atoms with Crippen LogP contribution in [0.4, 0.5) is 5.82 Å². The standard InChI is InChI=1S/C14H20N6O/c1-3-19(4-2)13-11-7-17-20(14(11)16-9-15-13)8-12(21)18-10-5-6-10/h7,9-10H,3-6,8H2,1-2H3,(H,18,21). The van der Waals surface area contributed by atoms with Gasteiger partial charge in [0.25, 0.3) is 0 Å². The fourth-order valence-corrected chi connectivity index (χ4v) is 2.41. The molecule has 1 fully saturated rings. The van der Waals surface area contributed by atoms with Crippen molar-refractivity contribution in [1.82, 2.24) is 25.1 Å². The van der Waals surface area contributed by atoms with Gasteiger partial charge < -0.3 is 10.2 Å². The fraction of sp³-hybridized carbons (Fsp3) is 0.571. The van der Waals surface area contributed by atoms with Gasteiger partial charge in [0.15, 0.2) is 5.65 Å². The van der Waals surface area contributed by atoms with Crippen molar-refractivity contribution in [3.63, 3.8) is 0 Å². The summed E-state index contributed by atoms with van der Waals surface area (Å²) < 4.78 is 1.64. The summed E-state index contributed by atoms with van der Waals surface area (Å²) in [6, 6.07) is 0.361. The number of aromatic nitrogens is 4. The van der Waals surface area contributed by atoms with Gasteiger partial charge in [-0.1, -0.05) is 0 Å². The molecule has 1 saturated carbocycles. The van der Waals surface area contributed by atoms with Gasteiger partial charge in [-0.05, 0) is 26.7 Å². The molecule has 0 aromatic carbocycles. The Morgan fingerprint density at radius 3 is 2.81 bits per heavy atom. The molecule has 0 saturated heterocycles. The predicted octanol–water partition coefficient (Wildman–Crippen LogP) is 0.951. The van der Waals surface area contributed by atoms with Crippen LogP contribution in [0.1, 0.15) is 26.7 Å². The Balaban J connectivity index is 1.87. The van der Waals surface area contributed by atoms with Crippen LogP contribution in [0.15, 0.2) is 12.5 Å². The van der Waals surface area contributed by atoms with Crippen LogP contribution >= 0.6 is 0 Å². The second kappa shape index (κ2) is 5.67. The van der Waals surface area contributed by atoms with Gasteiger partial charge in [0, 0.05) is 19.1 Å². The lowest BCUT2D eigenvalue weighted by molar-refractivity contribution is -0.121. The maximum Gasteiger partial charge on any atom is 0.242 e. The zero-order valence-corrected chi connectivity index (χ0v) is 12.4. The molecule has 7 nitrogen and oxygen atoms in total. The van der Waals surface area contributed by atoms with E-state index in [4.69, 9.17) is 0 Å². The normalized spacial score (nSPS) is 14.4. The van der Waals surface area contributed by atoms with Crippen molar-refractivity contribution in [2.24, 2.45) is 0 Å². The highest BCUT2D eigenvalue weighted by Gasteiger charge is 2.24. The van der Waals surface area contributed by atoms with Crippen LogP contribution in [-0.4, -0.2) is 44.8 Å². The fourth-order valence-electron chi connectivity index (χ4n) is 2.41. The van der Waals surface area contributed by atoms with Crippen LogP contribution in [0.2, 0.25) is 0 Å². The van der Waals surface area contributed by atoms with E-state index in [0.29, 0.717) is 11.7 Å². The zero-order chi connectivity index (χ0) is 14.8. The maximum atomic E-state index is 11.9. The van der Waals surface area contributed by atoms with E-state index in [9.17, 15) is 4.79 Å². The molecule has 1 aliphatic rings. The molecule has 0 bridgehead atoms. The van der Waals surface area contributed by atoms with Gasteiger partial charge in [-0.15, -0.1) is 0 Å². The zero-order valence-electron chi connectivity index (χ0n) is 12.4. The lowest BCUT2D eigenvalue weighted by atomic mass is 10.3. The molecule has 112 valence electrons. The van der Waals surface area contributed by atoms with Gasteiger partial charge in [0.1, 0.15) is 18.7 Å². The van der Waals surface area contributed by atoms with Crippen molar-refractivity contribution in [3.8, 4) is 0 Å². The van der Waals surface area contributed by atoms with E-state index in [1.165, 1.54) is 6.33 Å². The second-order valence-electron chi connectivity index (χ2n) is 5.25. The molecule has 7 heteroatoms. The summed E-state index contributed by atoms with van der Waals surface area (Å²) >= 11 is 0. The first-order valence-electron chi connectivity index (χ1n) is 7.43. The number of nitrogens with zero attached hydrogens (tertiary/aromatic N) is 5. The van der Waals surface area contributed by atoms with Crippen LogP contribution in [0.25, 0.3) is 11.0 Å². The van der Waals surface area contributed by atoms with E-state index < -0.39 is 0 Å². The van der Waals surface area contributed by atoms with E-state index in [1.807, 2.05) is 0 Å². The van der Waals surface area contributed by atoms with E-state index >= 15 is 0 Å². The quantitative estimate of drug-likeness (QED) is 0.856. The topological polar surface area (TPSA) is 75.9 Å². The smallest absolute Gasteiger partial charge is 0.242 e. The molecule has 2 aromatic rings. The van der Waals surface area contributed by atoms with Crippen LogP contribution in [-0.2, 0) is 11.3 Å². The molecule has 0 spiro atoms. The number of amides is 1. The summed E-state index contributed by atoms with van der Waals surface area (Å²) in [6.07, 6.45) is 5.44. The summed E-state index contributed by atoms with van der Waals surface area (Å²) in [5, 5.41) is 8.15. The molecule has 3 rings (SSSR count). The molecule has 1 N–H and O–H groups in total. The molecule has 0 unspecified atom stereocenters. The van der Waals surface area contributed by atoms with Gasteiger partial charge >= 0.3 is 0 Å². The van der Waals surface area contributed by atoms with Gasteiger partial charge in [-0.2, -0.15) is 5.10 Å². The summed E-state index contributed by atoms with van der Waals surface area (Å²) in [6.45, 7) is 6.12. The minimum atomic E-state index is -0.00879. The van der Waals surface area contributed by atoms with Crippen molar-refractivity contribution in [2.45, 2.75) is 39.3 Å². The summed E-state index contributed by atoms with van der Waals surface area (Å²) in [4.78, 5) is 22.7. The van der Waals surface area contributed by atoms with Crippen LogP contribution < -0.4 is 10.2 Å². The first kappa shape index (κ1) is 13.8. The maximum absolute atomic E-state index is 11.9. The monoisotopic (exact) mass is 288 g/mol. The lowest BCUT2D eigenvalue weighted by Crippen LogP contribution is -2.29. The highest BCUT2D eigenvalue weighted by atomic mass is 16.2. The highest BCUT2D eigenvalue weighted by molar-refractivity contribution is 5.87. The number of fused-ring (bicyclic) bond motifs is 1.